The van der Waals surface area contributed by atoms with Crippen LogP contribution in [0.2, 0.25) is 0 Å². The molecule has 0 aromatic heterocycles. The van der Waals surface area contributed by atoms with Gasteiger partial charge in [0.15, 0.2) is 0 Å². The van der Waals surface area contributed by atoms with Gasteiger partial charge in [-0.2, -0.15) is 0 Å². The highest BCUT2D eigenvalue weighted by Gasteiger charge is 2.22. The van der Waals surface area contributed by atoms with Gasteiger partial charge in [-0.25, -0.2) is 0 Å². The molecule has 4 nitrogen and oxygen atoms in total. The van der Waals surface area contributed by atoms with Crippen molar-refractivity contribution in [2.24, 2.45) is 0 Å². The first kappa shape index (κ1) is 14.5. The lowest BCUT2D eigenvalue weighted by Gasteiger charge is -2.28. The van der Waals surface area contributed by atoms with Crippen LogP contribution in [0.25, 0.3) is 0 Å². The van der Waals surface area contributed by atoms with Crippen LogP contribution in [-0.2, 0) is 11.2 Å². The van der Waals surface area contributed by atoms with Crippen LogP contribution in [0.3, 0.4) is 0 Å². The maximum absolute atomic E-state index is 11.0. The minimum atomic E-state index is -0.802. The second-order valence-corrected chi connectivity index (χ2v) is 4.54. The van der Waals surface area contributed by atoms with Crippen LogP contribution in [0.1, 0.15) is 19.4 Å². The minimum Gasteiger partial charge on any atom is -0.496 e. The molecular formula is C14H21NO3. The van der Waals surface area contributed by atoms with Gasteiger partial charge in [0.1, 0.15) is 11.8 Å². The zero-order valence-electron chi connectivity index (χ0n) is 11.4. The predicted octanol–water partition coefficient (Wildman–Crippen LogP) is 2.03. The molecule has 0 saturated carbocycles. The quantitative estimate of drug-likeness (QED) is 0.840. The Morgan fingerprint density at radius 1 is 1.39 bits per heavy atom. The fourth-order valence-electron chi connectivity index (χ4n) is 1.89. The number of hydrogen-bond donors (Lipinski definition) is 1. The van der Waals surface area contributed by atoms with Crippen molar-refractivity contribution in [2.75, 3.05) is 14.2 Å². The second kappa shape index (κ2) is 6.40. The molecule has 0 heterocycles. The van der Waals surface area contributed by atoms with Gasteiger partial charge in [-0.1, -0.05) is 18.2 Å². The monoisotopic (exact) mass is 251 g/mol. The maximum Gasteiger partial charge on any atom is 0.320 e. The molecule has 2 unspecified atom stereocenters. The molecule has 0 fully saturated rings. The number of carbonyl (C=O) groups is 1. The Bertz CT molecular complexity index is 406. The molecule has 0 saturated heterocycles. The summed E-state index contributed by atoms with van der Waals surface area (Å²) in [5.74, 6) is 0.0464. The van der Waals surface area contributed by atoms with Gasteiger partial charge in [-0.05, 0) is 38.9 Å². The number of ether oxygens (including phenoxy) is 1. The van der Waals surface area contributed by atoms with E-state index in [0.717, 1.165) is 17.7 Å². The van der Waals surface area contributed by atoms with Crippen LogP contribution in [0.15, 0.2) is 24.3 Å². The van der Waals surface area contributed by atoms with E-state index >= 15 is 0 Å². The maximum atomic E-state index is 11.0. The highest BCUT2D eigenvalue weighted by Crippen LogP contribution is 2.20. The molecule has 1 rings (SSSR count). The first-order valence-corrected chi connectivity index (χ1v) is 6.04. The molecular weight excluding hydrogens is 230 g/mol. The van der Waals surface area contributed by atoms with Crippen molar-refractivity contribution in [3.8, 4) is 5.75 Å². The van der Waals surface area contributed by atoms with E-state index in [4.69, 9.17) is 9.84 Å². The number of para-hydroxylation sites is 1. The molecule has 0 amide bonds. The third kappa shape index (κ3) is 3.47. The van der Waals surface area contributed by atoms with Gasteiger partial charge in [-0.15, -0.1) is 0 Å². The molecule has 0 aliphatic rings. The van der Waals surface area contributed by atoms with Gasteiger partial charge in [0, 0.05) is 6.04 Å². The fraction of sp³-hybridized carbons (Fsp3) is 0.500. The van der Waals surface area contributed by atoms with E-state index in [1.54, 1.807) is 14.0 Å². The lowest BCUT2D eigenvalue weighted by atomic mass is 10.0. The van der Waals surface area contributed by atoms with Gasteiger partial charge in [-0.3, -0.25) is 9.69 Å². The molecule has 2 atom stereocenters. The third-order valence-corrected chi connectivity index (χ3v) is 3.37. The second-order valence-electron chi connectivity index (χ2n) is 4.54. The van der Waals surface area contributed by atoms with Crippen LogP contribution in [-0.4, -0.2) is 42.2 Å². The van der Waals surface area contributed by atoms with E-state index in [0.29, 0.717) is 0 Å². The first-order chi connectivity index (χ1) is 8.47. The van der Waals surface area contributed by atoms with Crippen molar-refractivity contribution < 1.29 is 14.6 Å². The third-order valence-electron chi connectivity index (χ3n) is 3.37. The van der Waals surface area contributed by atoms with Crippen LogP contribution >= 0.6 is 0 Å². The normalized spacial score (nSPS) is 14.3. The van der Waals surface area contributed by atoms with Crippen LogP contribution < -0.4 is 4.74 Å². The smallest absolute Gasteiger partial charge is 0.320 e. The average molecular weight is 251 g/mol. The number of carboxylic acid groups (broad SMARTS) is 1. The number of nitrogens with zero attached hydrogens (tertiary/aromatic N) is 1. The summed E-state index contributed by atoms with van der Waals surface area (Å²) in [7, 11) is 3.48. The Morgan fingerprint density at radius 2 is 2.00 bits per heavy atom. The minimum absolute atomic E-state index is 0.132. The lowest BCUT2D eigenvalue weighted by molar-refractivity contribution is -0.142. The molecule has 18 heavy (non-hydrogen) atoms. The summed E-state index contributed by atoms with van der Waals surface area (Å²) in [4.78, 5) is 12.8. The molecule has 0 spiro atoms. The lowest BCUT2D eigenvalue weighted by Crippen LogP contribution is -2.42. The number of methoxy groups -OCH3 is 1. The van der Waals surface area contributed by atoms with Crippen LogP contribution in [0.4, 0.5) is 0 Å². The zero-order chi connectivity index (χ0) is 13.7. The summed E-state index contributed by atoms with van der Waals surface area (Å²) in [6, 6.07) is 7.46. The number of carboxylic acids is 1. The van der Waals surface area contributed by atoms with E-state index in [1.807, 2.05) is 43.1 Å². The Kier molecular flexibility index (Phi) is 5.16. The molecule has 1 aromatic rings. The van der Waals surface area contributed by atoms with E-state index in [-0.39, 0.29) is 6.04 Å². The molecule has 4 heteroatoms. The molecule has 1 N–H and O–H groups in total. The van der Waals surface area contributed by atoms with E-state index < -0.39 is 12.0 Å². The topological polar surface area (TPSA) is 49.8 Å². The Morgan fingerprint density at radius 3 is 2.56 bits per heavy atom. The predicted molar refractivity (Wildman–Crippen MR) is 71.0 cm³/mol. The summed E-state index contributed by atoms with van der Waals surface area (Å²) >= 11 is 0. The highest BCUT2D eigenvalue weighted by atomic mass is 16.5. The van der Waals surface area contributed by atoms with Crippen molar-refractivity contribution in [3.63, 3.8) is 0 Å². The zero-order valence-corrected chi connectivity index (χ0v) is 11.4. The summed E-state index contributed by atoms with van der Waals surface area (Å²) in [5, 5.41) is 9.00. The van der Waals surface area contributed by atoms with Gasteiger partial charge >= 0.3 is 5.97 Å². The van der Waals surface area contributed by atoms with Crippen molar-refractivity contribution in [3.05, 3.63) is 29.8 Å². The van der Waals surface area contributed by atoms with Crippen molar-refractivity contribution in [2.45, 2.75) is 32.4 Å². The standard InChI is InChI=1S/C14H21NO3/c1-10(15(3)11(2)14(16)17)9-12-7-5-6-8-13(12)18-4/h5-8,10-11H,9H2,1-4H3,(H,16,17). The first-order valence-electron chi connectivity index (χ1n) is 6.04. The summed E-state index contributed by atoms with van der Waals surface area (Å²) in [5.41, 5.74) is 1.09. The van der Waals surface area contributed by atoms with Crippen LogP contribution in [0, 0.1) is 0 Å². The fourth-order valence-corrected chi connectivity index (χ4v) is 1.89. The van der Waals surface area contributed by atoms with E-state index in [2.05, 4.69) is 0 Å². The van der Waals surface area contributed by atoms with Crippen LogP contribution in [0.5, 0.6) is 5.75 Å². The molecule has 0 bridgehead atoms. The van der Waals surface area contributed by atoms with E-state index in [1.165, 1.54) is 0 Å². The molecule has 100 valence electrons. The number of aliphatic carboxylic acids is 1. The number of likely N-dealkylation sites (N-methyl/N-ethyl adjacent to an activating group) is 1. The van der Waals surface area contributed by atoms with Crippen molar-refractivity contribution in [1.29, 1.82) is 0 Å². The SMILES string of the molecule is COc1ccccc1CC(C)N(C)C(C)C(=O)O. The Labute approximate surface area is 108 Å². The van der Waals surface area contributed by atoms with Gasteiger partial charge in [0.05, 0.1) is 7.11 Å². The average Bonchev–Trinajstić information content (AvgIpc) is 2.37. The summed E-state index contributed by atoms with van der Waals surface area (Å²) in [6.07, 6.45) is 0.762. The molecule has 1 aromatic carbocycles. The van der Waals surface area contributed by atoms with Crippen molar-refractivity contribution in [1.82, 2.24) is 4.90 Å². The molecule has 0 aliphatic carbocycles. The van der Waals surface area contributed by atoms with Gasteiger partial charge in [0.25, 0.3) is 0 Å². The number of rotatable bonds is 6. The Hall–Kier alpha value is -1.55. The molecule has 0 radical (unpaired) electrons. The number of benzene rings is 1. The van der Waals surface area contributed by atoms with Gasteiger partial charge in [0.2, 0.25) is 0 Å². The largest absolute Gasteiger partial charge is 0.496 e. The van der Waals surface area contributed by atoms with Gasteiger partial charge < -0.3 is 9.84 Å². The molecule has 0 aliphatic heterocycles. The Balaban J connectivity index is 2.75. The summed E-state index contributed by atoms with van der Waals surface area (Å²) < 4.78 is 5.30. The number of hydrogen-bond acceptors (Lipinski definition) is 3. The van der Waals surface area contributed by atoms with E-state index in [9.17, 15) is 4.79 Å². The summed E-state index contributed by atoms with van der Waals surface area (Å²) in [6.45, 7) is 3.72. The highest BCUT2D eigenvalue weighted by molar-refractivity contribution is 5.72. The van der Waals surface area contributed by atoms with Crippen molar-refractivity contribution >= 4 is 5.97 Å².